The summed E-state index contributed by atoms with van der Waals surface area (Å²) in [6.07, 6.45) is 9.74. The highest BCUT2D eigenvalue weighted by Crippen LogP contribution is 2.44. The first-order valence-electron chi connectivity index (χ1n) is 14.8. The maximum atomic E-state index is 13.4. The summed E-state index contributed by atoms with van der Waals surface area (Å²) in [4.78, 5) is 30.2. The number of piperazine rings is 1. The number of nitrogens with zero attached hydrogens (tertiary/aromatic N) is 8. The number of amides is 1. The van der Waals surface area contributed by atoms with Gasteiger partial charge >= 0.3 is 0 Å². The fraction of sp³-hybridized carbons (Fsp3) is 0.484. The van der Waals surface area contributed by atoms with E-state index in [9.17, 15) is 4.79 Å². The maximum absolute atomic E-state index is 13.4. The minimum absolute atomic E-state index is 0.191. The van der Waals surface area contributed by atoms with Crippen LogP contribution in [0, 0.1) is 6.92 Å². The number of carbonyl (C=O) groups is 1. The molecule has 0 saturated carbocycles. The summed E-state index contributed by atoms with van der Waals surface area (Å²) in [5.74, 6) is 0.836. The first-order chi connectivity index (χ1) is 20.1. The van der Waals surface area contributed by atoms with Gasteiger partial charge in [-0.2, -0.15) is 0 Å². The van der Waals surface area contributed by atoms with Crippen LogP contribution in [0.15, 0.2) is 47.5 Å². The third-order valence-corrected chi connectivity index (χ3v) is 9.18. The van der Waals surface area contributed by atoms with Crippen LogP contribution in [0.25, 0.3) is 16.9 Å². The fourth-order valence-electron chi connectivity index (χ4n) is 6.59. The van der Waals surface area contributed by atoms with Crippen molar-refractivity contribution in [3.05, 3.63) is 60.0 Å². The molecule has 0 radical (unpaired) electrons. The minimum atomic E-state index is -0.273. The van der Waals surface area contributed by atoms with Crippen LogP contribution in [-0.2, 0) is 11.1 Å². The standard InChI is InChI=1S/C31H39N9O2/c1-21-25(15-23(18-33-21)29(41)34-28-16-27(42-35-28)30(2,3)4)39-20-26-22-14-24(19-32-17-22)37-8-6-31(7-9-37,40(26)39)38-12-10-36(5)11-13-38/h14-20H,6-13H2,1-5H3,(H,34,35,41). The molecule has 0 unspecified atom stereocenters. The number of pyridine rings is 2. The van der Waals surface area contributed by atoms with Crippen molar-refractivity contribution in [2.45, 2.75) is 51.6 Å². The Morgan fingerprint density at radius 3 is 2.48 bits per heavy atom. The molecule has 0 aromatic carbocycles. The van der Waals surface area contributed by atoms with Crippen molar-refractivity contribution >= 4 is 17.4 Å². The zero-order valence-electron chi connectivity index (χ0n) is 25.1. The van der Waals surface area contributed by atoms with Gasteiger partial charge in [0, 0.05) is 81.5 Å². The summed E-state index contributed by atoms with van der Waals surface area (Å²) in [5, 5.41) is 6.95. The lowest BCUT2D eigenvalue weighted by Gasteiger charge is -2.54. The van der Waals surface area contributed by atoms with Gasteiger partial charge in [0.2, 0.25) is 0 Å². The predicted octanol–water partition coefficient (Wildman–Crippen LogP) is 4.10. The summed E-state index contributed by atoms with van der Waals surface area (Å²) in [6, 6.07) is 5.97. The molecule has 4 aromatic rings. The first-order valence-corrected chi connectivity index (χ1v) is 14.8. The molecule has 4 aliphatic heterocycles. The van der Waals surface area contributed by atoms with Gasteiger partial charge in [0.25, 0.3) is 5.91 Å². The number of nitrogens with one attached hydrogen (secondary N) is 1. The number of hydrogen-bond donors (Lipinski definition) is 1. The van der Waals surface area contributed by atoms with E-state index in [1.807, 2.05) is 46.2 Å². The van der Waals surface area contributed by atoms with Gasteiger partial charge in [0.05, 0.1) is 40.7 Å². The highest BCUT2D eigenvalue weighted by Gasteiger charge is 2.47. The molecule has 0 aliphatic carbocycles. The number of likely N-dealkylation sites (N-methyl/N-ethyl adjacent to an activating group) is 1. The van der Waals surface area contributed by atoms with Gasteiger partial charge in [-0.3, -0.25) is 29.0 Å². The highest BCUT2D eigenvalue weighted by molar-refractivity contribution is 6.03. The lowest BCUT2D eigenvalue weighted by molar-refractivity contribution is -0.0495. The van der Waals surface area contributed by atoms with E-state index in [0.717, 1.165) is 74.7 Å². The van der Waals surface area contributed by atoms with Gasteiger partial charge in [0.1, 0.15) is 11.4 Å². The van der Waals surface area contributed by atoms with Crippen LogP contribution in [0.1, 0.15) is 55.4 Å². The van der Waals surface area contributed by atoms with E-state index in [2.05, 4.69) is 63.8 Å². The Balaban J connectivity index is 1.29. The molecular weight excluding hydrogens is 530 g/mol. The van der Waals surface area contributed by atoms with Crippen molar-refractivity contribution < 1.29 is 9.32 Å². The smallest absolute Gasteiger partial charge is 0.258 e. The molecule has 2 fully saturated rings. The summed E-state index contributed by atoms with van der Waals surface area (Å²) in [6.45, 7) is 14.2. The van der Waals surface area contributed by atoms with Gasteiger partial charge in [-0.05, 0) is 26.1 Å². The van der Waals surface area contributed by atoms with E-state index in [1.165, 1.54) is 5.69 Å². The van der Waals surface area contributed by atoms with Crippen molar-refractivity contribution in [1.29, 1.82) is 0 Å². The van der Waals surface area contributed by atoms with Gasteiger partial charge in [-0.1, -0.05) is 25.9 Å². The Morgan fingerprint density at radius 1 is 1.00 bits per heavy atom. The SMILES string of the molecule is Cc1ncc(C(=O)Nc2cc(C(C)(C)C)on2)cc1-n1cc2n1C1(N3CCN(C)CC3)CCN(CC1)c1cncc-2c1. The molecule has 1 N–H and O–H groups in total. The third kappa shape index (κ3) is 4.42. The quantitative estimate of drug-likeness (QED) is 0.392. The molecule has 4 bridgehead atoms. The minimum Gasteiger partial charge on any atom is -0.370 e. The molecule has 4 aromatic heterocycles. The number of carbonyl (C=O) groups excluding carboxylic acids is 1. The summed E-state index contributed by atoms with van der Waals surface area (Å²) in [5.41, 5.74) is 5.26. The molecule has 42 heavy (non-hydrogen) atoms. The molecule has 2 saturated heterocycles. The van der Waals surface area contributed by atoms with Crippen LogP contribution in [0.4, 0.5) is 11.5 Å². The molecular formula is C31H39N9O2. The molecule has 11 nitrogen and oxygen atoms in total. The largest absolute Gasteiger partial charge is 0.370 e. The van der Waals surface area contributed by atoms with Crippen LogP contribution in [0.2, 0.25) is 0 Å². The van der Waals surface area contributed by atoms with Crippen LogP contribution in [0.5, 0.6) is 0 Å². The number of piperidine rings is 1. The second kappa shape index (κ2) is 9.81. The Morgan fingerprint density at radius 2 is 1.76 bits per heavy atom. The number of aromatic nitrogens is 5. The molecule has 4 aliphatic rings. The monoisotopic (exact) mass is 569 g/mol. The Hall–Kier alpha value is -3.96. The molecule has 8 rings (SSSR count). The molecule has 8 heterocycles. The topological polar surface area (TPSA) is 100 Å². The number of fused-ring (bicyclic) bond motifs is 2. The Bertz CT molecular complexity index is 1630. The van der Waals surface area contributed by atoms with Crippen molar-refractivity contribution in [1.82, 2.24) is 34.3 Å². The number of hydrogen-bond acceptors (Lipinski definition) is 8. The molecule has 11 heteroatoms. The zero-order chi connectivity index (χ0) is 29.2. The highest BCUT2D eigenvalue weighted by atomic mass is 16.5. The van der Waals surface area contributed by atoms with Gasteiger partial charge < -0.3 is 19.6 Å². The van der Waals surface area contributed by atoms with Gasteiger partial charge in [-0.25, -0.2) is 0 Å². The van der Waals surface area contributed by atoms with E-state index in [-0.39, 0.29) is 17.0 Å². The molecule has 0 spiro atoms. The van der Waals surface area contributed by atoms with Crippen molar-refractivity contribution in [3.63, 3.8) is 0 Å². The fourth-order valence-corrected chi connectivity index (χ4v) is 6.59. The van der Waals surface area contributed by atoms with Crippen LogP contribution in [-0.4, -0.2) is 86.5 Å². The van der Waals surface area contributed by atoms with E-state index in [4.69, 9.17) is 4.52 Å². The summed E-state index contributed by atoms with van der Waals surface area (Å²) in [7, 11) is 2.20. The second-order valence-electron chi connectivity index (χ2n) is 13.0. The molecule has 220 valence electrons. The Kier molecular flexibility index (Phi) is 6.28. The number of rotatable bonds is 4. The average Bonchev–Trinajstić information content (AvgIpc) is 3.44. The van der Waals surface area contributed by atoms with Crippen molar-refractivity contribution in [2.75, 3.05) is 56.5 Å². The first kappa shape index (κ1) is 26.9. The average molecular weight is 570 g/mol. The van der Waals surface area contributed by atoms with Crippen molar-refractivity contribution in [3.8, 4) is 16.9 Å². The maximum Gasteiger partial charge on any atom is 0.258 e. The van der Waals surface area contributed by atoms with Crippen LogP contribution in [0.3, 0.4) is 0 Å². The Labute approximate surface area is 246 Å². The normalized spacial score (nSPS) is 18.8. The van der Waals surface area contributed by atoms with E-state index < -0.39 is 0 Å². The summed E-state index contributed by atoms with van der Waals surface area (Å²) >= 11 is 0. The van der Waals surface area contributed by atoms with E-state index >= 15 is 0 Å². The molecule has 1 amide bonds. The summed E-state index contributed by atoms with van der Waals surface area (Å²) < 4.78 is 10.2. The molecule has 0 atom stereocenters. The second-order valence-corrected chi connectivity index (χ2v) is 13.0. The van der Waals surface area contributed by atoms with E-state index in [0.29, 0.717) is 17.1 Å². The van der Waals surface area contributed by atoms with Crippen LogP contribution >= 0.6 is 0 Å². The lowest BCUT2D eigenvalue weighted by atomic mass is 9.92. The third-order valence-electron chi connectivity index (χ3n) is 9.18. The number of anilines is 2. The zero-order valence-corrected chi connectivity index (χ0v) is 25.1. The van der Waals surface area contributed by atoms with E-state index in [1.54, 1.807) is 12.3 Å². The lowest BCUT2D eigenvalue weighted by Crippen LogP contribution is -2.63. The van der Waals surface area contributed by atoms with Crippen LogP contribution < -0.4 is 10.2 Å². The predicted molar refractivity (Wildman–Crippen MR) is 161 cm³/mol. The van der Waals surface area contributed by atoms with Crippen molar-refractivity contribution in [2.24, 2.45) is 0 Å². The number of aryl methyl sites for hydroxylation is 1. The van der Waals surface area contributed by atoms with Gasteiger partial charge in [-0.15, -0.1) is 0 Å². The van der Waals surface area contributed by atoms with Gasteiger partial charge in [0.15, 0.2) is 5.82 Å².